The molecule has 4 aromatic rings. The SMILES string of the molecule is CS(=O)(=O)O.Cc1ccc(C(=O)N(CCCN)[C@@H](c2nc3cc(Cl)ccc3c(=O)n2Cc2ccccc2)C(C)C)cc1. The highest BCUT2D eigenvalue weighted by Crippen LogP contribution is 2.30. The molecular formula is C31H37ClN4O5S. The fourth-order valence-corrected chi connectivity index (χ4v) is 4.81. The molecule has 0 unspecified atom stereocenters. The van der Waals surface area contributed by atoms with Gasteiger partial charge in [0.05, 0.1) is 29.7 Å². The summed E-state index contributed by atoms with van der Waals surface area (Å²) in [5, 5.41) is 0.993. The molecule has 0 aliphatic rings. The number of amides is 1. The van der Waals surface area contributed by atoms with E-state index in [0.29, 0.717) is 59.6 Å². The van der Waals surface area contributed by atoms with Crippen molar-refractivity contribution in [3.8, 4) is 0 Å². The van der Waals surface area contributed by atoms with Crippen molar-refractivity contribution < 1.29 is 17.8 Å². The molecule has 3 N–H and O–H groups in total. The molecule has 0 saturated carbocycles. The third-order valence-electron chi connectivity index (χ3n) is 6.52. The summed E-state index contributed by atoms with van der Waals surface area (Å²) in [5.74, 6) is 0.396. The van der Waals surface area contributed by atoms with Crippen LogP contribution in [-0.2, 0) is 16.7 Å². The minimum atomic E-state index is -3.67. The average Bonchev–Trinajstić information content (AvgIpc) is 2.92. The fourth-order valence-electron chi connectivity index (χ4n) is 4.64. The molecule has 3 aromatic carbocycles. The molecule has 0 aliphatic carbocycles. The predicted octanol–water partition coefficient (Wildman–Crippen LogP) is 5.10. The number of carbonyl (C=O) groups excluding carboxylic acids is 1. The Kier molecular flexibility index (Phi) is 11.4. The summed E-state index contributed by atoms with van der Waals surface area (Å²) < 4.78 is 27.6. The molecule has 0 saturated heterocycles. The van der Waals surface area contributed by atoms with E-state index >= 15 is 0 Å². The highest BCUT2D eigenvalue weighted by atomic mass is 35.5. The number of nitrogens with two attached hydrogens (primary N) is 1. The maximum absolute atomic E-state index is 13.9. The summed E-state index contributed by atoms with van der Waals surface area (Å²) in [4.78, 5) is 34.6. The standard InChI is InChI=1S/C30H33ClN4O2.CH4O3S/c1-20(2)27(34(17-7-16-32)29(36)23-12-10-21(3)11-13-23)28-33-26-18-24(31)14-15-25(26)30(37)35(28)19-22-8-5-4-6-9-22;1-5(2,3)4/h4-6,8-15,18,20,27H,7,16-17,19,32H2,1-3H3;1H3,(H,2,3,4)/t27-;/m1./s1. The fraction of sp³-hybridized carbons (Fsp3) is 0.323. The number of hydrogen-bond acceptors (Lipinski definition) is 6. The van der Waals surface area contributed by atoms with Crippen molar-refractivity contribution in [2.45, 2.75) is 39.8 Å². The number of benzene rings is 3. The van der Waals surface area contributed by atoms with Crippen LogP contribution in [0.1, 0.15) is 53.6 Å². The minimum Gasteiger partial charge on any atom is -0.330 e. The van der Waals surface area contributed by atoms with Crippen LogP contribution in [0.25, 0.3) is 10.9 Å². The second kappa shape index (κ2) is 14.6. The Bertz CT molecular complexity index is 1670. The van der Waals surface area contributed by atoms with E-state index in [9.17, 15) is 18.0 Å². The van der Waals surface area contributed by atoms with Crippen LogP contribution in [0.2, 0.25) is 5.02 Å². The lowest BCUT2D eigenvalue weighted by Gasteiger charge is -2.35. The third-order valence-corrected chi connectivity index (χ3v) is 6.76. The number of aromatic nitrogens is 2. The van der Waals surface area contributed by atoms with E-state index in [1.54, 1.807) is 22.8 Å². The maximum atomic E-state index is 13.9. The molecule has 1 atom stereocenters. The molecule has 0 spiro atoms. The molecule has 224 valence electrons. The predicted molar refractivity (Wildman–Crippen MR) is 167 cm³/mol. The summed E-state index contributed by atoms with van der Waals surface area (Å²) >= 11 is 6.28. The minimum absolute atomic E-state index is 0.0299. The third kappa shape index (κ3) is 8.96. The normalized spacial score (nSPS) is 12.1. The van der Waals surface area contributed by atoms with Crippen LogP contribution < -0.4 is 11.3 Å². The van der Waals surface area contributed by atoms with Crippen LogP contribution in [0, 0.1) is 12.8 Å². The van der Waals surface area contributed by atoms with E-state index in [1.165, 1.54) is 0 Å². The summed E-state index contributed by atoms with van der Waals surface area (Å²) in [7, 11) is -3.67. The average molecular weight is 613 g/mol. The lowest BCUT2D eigenvalue weighted by molar-refractivity contribution is 0.0602. The molecule has 0 radical (unpaired) electrons. The van der Waals surface area contributed by atoms with Gasteiger partial charge in [0.2, 0.25) is 0 Å². The van der Waals surface area contributed by atoms with E-state index in [1.807, 2.05) is 80.3 Å². The van der Waals surface area contributed by atoms with E-state index in [-0.39, 0.29) is 17.4 Å². The van der Waals surface area contributed by atoms with Crippen molar-refractivity contribution in [3.63, 3.8) is 0 Å². The zero-order valence-electron chi connectivity index (χ0n) is 24.2. The molecule has 9 nitrogen and oxygen atoms in total. The van der Waals surface area contributed by atoms with Crippen LogP contribution >= 0.6 is 11.6 Å². The molecule has 42 heavy (non-hydrogen) atoms. The molecule has 4 rings (SSSR count). The van der Waals surface area contributed by atoms with Crippen LogP contribution in [-0.4, -0.2) is 52.7 Å². The van der Waals surface area contributed by atoms with Gasteiger partial charge in [0, 0.05) is 17.1 Å². The van der Waals surface area contributed by atoms with Gasteiger partial charge in [-0.2, -0.15) is 8.42 Å². The molecular weight excluding hydrogens is 576 g/mol. The molecule has 0 aliphatic heterocycles. The van der Waals surface area contributed by atoms with Gasteiger partial charge < -0.3 is 10.6 Å². The van der Waals surface area contributed by atoms with Crippen molar-refractivity contribution in [1.82, 2.24) is 14.5 Å². The molecule has 1 amide bonds. The Morgan fingerprint density at radius 2 is 1.69 bits per heavy atom. The van der Waals surface area contributed by atoms with Crippen LogP contribution in [0.5, 0.6) is 0 Å². The lowest BCUT2D eigenvalue weighted by atomic mass is 9.98. The number of halogens is 1. The monoisotopic (exact) mass is 612 g/mol. The number of nitrogens with zero attached hydrogens (tertiary/aromatic N) is 3. The number of aryl methyl sites for hydroxylation is 1. The Labute approximate surface area is 251 Å². The first-order valence-corrected chi connectivity index (χ1v) is 15.8. The van der Waals surface area contributed by atoms with E-state index in [4.69, 9.17) is 26.9 Å². The van der Waals surface area contributed by atoms with Crippen LogP contribution in [0.4, 0.5) is 0 Å². The van der Waals surface area contributed by atoms with E-state index in [0.717, 1.165) is 11.1 Å². The summed E-state index contributed by atoms with van der Waals surface area (Å²) in [6, 6.07) is 22.0. The molecule has 0 bridgehead atoms. The van der Waals surface area contributed by atoms with Gasteiger partial charge in [-0.1, -0.05) is 73.5 Å². The molecule has 1 aromatic heterocycles. The Morgan fingerprint density at radius 1 is 1.07 bits per heavy atom. The number of carbonyl (C=O) groups is 1. The summed E-state index contributed by atoms with van der Waals surface area (Å²) in [5.41, 5.74) is 8.88. The van der Waals surface area contributed by atoms with Crippen molar-refractivity contribution in [1.29, 1.82) is 0 Å². The summed E-state index contributed by atoms with van der Waals surface area (Å²) in [6.45, 7) is 7.31. The number of rotatable bonds is 9. The Balaban J connectivity index is 0.000000892. The first-order chi connectivity index (χ1) is 19.8. The topological polar surface area (TPSA) is 136 Å². The molecule has 1 heterocycles. The van der Waals surface area contributed by atoms with Crippen LogP contribution in [0.3, 0.4) is 0 Å². The van der Waals surface area contributed by atoms with E-state index < -0.39 is 16.2 Å². The van der Waals surface area contributed by atoms with Gasteiger partial charge in [-0.15, -0.1) is 0 Å². The maximum Gasteiger partial charge on any atom is 0.261 e. The van der Waals surface area contributed by atoms with Gasteiger partial charge >= 0.3 is 0 Å². The molecule has 0 fully saturated rings. The van der Waals surface area contributed by atoms with Crippen molar-refractivity contribution >= 4 is 38.5 Å². The summed E-state index contributed by atoms with van der Waals surface area (Å²) in [6.07, 6.45) is 1.34. The Hall–Kier alpha value is -3.57. The van der Waals surface area contributed by atoms with Gasteiger partial charge in [-0.05, 0) is 61.7 Å². The first kappa shape index (κ1) is 32.9. The van der Waals surface area contributed by atoms with Gasteiger partial charge in [-0.25, -0.2) is 4.98 Å². The zero-order valence-corrected chi connectivity index (χ0v) is 25.8. The lowest BCUT2D eigenvalue weighted by Crippen LogP contribution is -2.42. The molecule has 11 heteroatoms. The highest BCUT2D eigenvalue weighted by Gasteiger charge is 2.32. The van der Waals surface area contributed by atoms with Gasteiger partial charge in [0.15, 0.2) is 0 Å². The van der Waals surface area contributed by atoms with Gasteiger partial charge in [0.1, 0.15) is 5.82 Å². The zero-order chi connectivity index (χ0) is 31.0. The number of fused-ring (bicyclic) bond motifs is 1. The number of hydrogen-bond donors (Lipinski definition) is 2. The van der Waals surface area contributed by atoms with E-state index in [2.05, 4.69) is 0 Å². The second-order valence-electron chi connectivity index (χ2n) is 10.4. The largest absolute Gasteiger partial charge is 0.330 e. The first-order valence-electron chi connectivity index (χ1n) is 13.5. The highest BCUT2D eigenvalue weighted by molar-refractivity contribution is 7.85. The van der Waals surface area contributed by atoms with Crippen molar-refractivity contribution in [2.24, 2.45) is 11.7 Å². The van der Waals surface area contributed by atoms with Gasteiger partial charge in [0.25, 0.3) is 21.6 Å². The Morgan fingerprint density at radius 3 is 2.26 bits per heavy atom. The smallest absolute Gasteiger partial charge is 0.261 e. The van der Waals surface area contributed by atoms with Crippen molar-refractivity contribution in [3.05, 3.63) is 111 Å². The van der Waals surface area contributed by atoms with Gasteiger partial charge in [-0.3, -0.25) is 18.7 Å². The van der Waals surface area contributed by atoms with Crippen molar-refractivity contribution in [2.75, 3.05) is 19.3 Å². The second-order valence-corrected chi connectivity index (χ2v) is 12.3. The van der Waals surface area contributed by atoms with Crippen LogP contribution in [0.15, 0.2) is 77.6 Å². The quantitative estimate of drug-likeness (QED) is 0.251.